The Balaban J connectivity index is 1.38. The highest BCUT2D eigenvalue weighted by Crippen LogP contribution is 2.42. The highest BCUT2D eigenvalue weighted by atomic mass is 15.2. The Morgan fingerprint density at radius 2 is 0.729 bits per heavy atom. The van der Waals surface area contributed by atoms with E-state index in [2.05, 4.69) is 210 Å². The topological polar surface area (TPSA) is 11.4 Å². The van der Waals surface area contributed by atoms with Crippen LogP contribution in [-0.4, -0.2) is 4.57 Å². The summed E-state index contributed by atoms with van der Waals surface area (Å²) in [6.45, 7) is 4.50. The van der Waals surface area contributed by atoms with E-state index in [0.717, 1.165) is 39.8 Å². The van der Waals surface area contributed by atoms with Crippen LogP contribution in [0.4, 0.5) is 34.1 Å². The molecule has 3 nitrogen and oxygen atoms in total. The molecule has 8 aromatic rings. The van der Waals surface area contributed by atoms with E-state index >= 15 is 0 Å². The van der Waals surface area contributed by atoms with E-state index in [9.17, 15) is 0 Å². The Labute approximate surface area is 282 Å². The largest absolute Gasteiger partial charge is 0.310 e. The molecule has 0 spiro atoms. The predicted octanol–water partition coefficient (Wildman–Crippen LogP) is 12.8. The summed E-state index contributed by atoms with van der Waals surface area (Å²) in [7, 11) is 0. The lowest BCUT2D eigenvalue weighted by atomic mass is 10.0. The predicted molar refractivity (Wildman–Crippen MR) is 204 cm³/mol. The summed E-state index contributed by atoms with van der Waals surface area (Å²) in [6.07, 6.45) is 0. The molecule has 0 unspecified atom stereocenters. The molecule has 48 heavy (non-hydrogen) atoms. The van der Waals surface area contributed by atoms with Gasteiger partial charge >= 0.3 is 0 Å². The Bertz CT molecular complexity index is 2070. The first-order valence-electron chi connectivity index (χ1n) is 16.6. The first-order chi connectivity index (χ1) is 23.7. The van der Waals surface area contributed by atoms with Gasteiger partial charge in [0.25, 0.3) is 0 Å². The van der Waals surface area contributed by atoms with E-state index in [1.807, 2.05) is 0 Å². The van der Waals surface area contributed by atoms with E-state index in [4.69, 9.17) is 0 Å². The zero-order valence-corrected chi connectivity index (χ0v) is 27.2. The van der Waals surface area contributed by atoms with Crippen LogP contribution < -0.4 is 9.80 Å². The van der Waals surface area contributed by atoms with Crippen molar-refractivity contribution < 1.29 is 0 Å². The Morgan fingerprint density at radius 3 is 1.06 bits per heavy atom. The molecule has 1 heterocycles. The van der Waals surface area contributed by atoms with E-state index in [0.29, 0.717) is 5.92 Å². The van der Waals surface area contributed by atoms with Crippen LogP contribution in [0, 0.1) is 0 Å². The highest BCUT2D eigenvalue weighted by molar-refractivity contribution is 6.11. The van der Waals surface area contributed by atoms with E-state index < -0.39 is 0 Å². The van der Waals surface area contributed by atoms with Crippen LogP contribution in [0.3, 0.4) is 0 Å². The zero-order chi connectivity index (χ0) is 32.5. The number of fused-ring (bicyclic) bond motifs is 3. The van der Waals surface area contributed by atoms with E-state index in [1.165, 1.54) is 27.4 Å². The fraction of sp³-hybridized carbons (Fsp3) is 0.0667. The van der Waals surface area contributed by atoms with Crippen LogP contribution in [0.25, 0.3) is 27.5 Å². The van der Waals surface area contributed by atoms with Gasteiger partial charge in [0.05, 0.1) is 11.0 Å². The van der Waals surface area contributed by atoms with Crippen molar-refractivity contribution in [3.05, 3.63) is 188 Å². The summed E-state index contributed by atoms with van der Waals surface area (Å²) in [4.78, 5) is 4.67. The first-order valence-corrected chi connectivity index (χ1v) is 16.6. The number of hydrogen-bond donors (Lipinski definition) is 0. The average Bonchev–Trinajstić information content (AvgIpc) is 3.46. The summed E-state index contributed by atoms with van der Waals surface area (Å²) in [5, 5.41) is 2.44. The number of anilines is 6. The first kappa shape index (κ1) is 29.3. The van der Waals surface area contributed by atoms with Crippen molar-refractivity contribution in [3.63, 3.8) is 0 Å². The monoisotopic (exact) mass is 619 g/mol. The van der Waals surface area contributed by atoms with Gasteiger partial charge in [0.2, 0.25) is 0 Å². The fourth-order valence-corrected chi connectivity index (χ4v) is 6.76. The molecular weight excluding hydrogens is 583 g/mol. The quantitative estimate of drug-likeness (QED) is 0.168. The van der Waals surface area contributed by atoms with Crippen molar-refractivity contribution in [3.8, 4) is 5.69 Å². The van der Waals surface area contributed by atoms with Gasteiger partial charge in [-0.25, -0.2) is 0 Å². The van der Waals surface area contributed by atoms with Gasteiger partial charge < -0.3 is 14.4 Å². The number of benzene rings is 7. The molecule has 0 atom stereocenters. The maximum atomic E-state index is 2.43. The SMILES string of the molecule is CC(C)c1ccc(-n2c3cc(N(c4ccccc4)c4ccccc4)ccc3c3ccc(N(c4ccccc4)c4ccccc4)cc32)cc1. The van der Waals surface area contributed by atoms with Crippen molar-refractivity contribution in [2.75, 3.05) is 9.80 Å². The van der Waals surface area contributed by atoms with Crippen LogP contribution >= 0.6 is 0 Å². The average molecular weight is 620 g/mol. The third-order valence-electron chi connectivity index (χ3n) is 9.13. The van der Waals surface area contributed by atoms with Crippen LogP contribution in [0.1, 0.15) is 25.3 Å². The van der Waals surface area contributed by atoms with Gasteiger partial charge in [-0.1, -0.05) is 111 Å². The molecule has 8 rings (SSSR count). The van der Waals surface area contributed by atoms with Crippen molar-refractivity contribution in [2.45, 2.75) is 19.8 Å². The van der Waals surface area contributed by atoms with Gasteiger partial charge in [0, 0.05) is 50.6 Å². The molecule has 0 N–H and O–H groups in total. The molecule has 0 saturated carbocycles. The molecule has 0 fully saturated rings. The molecule has 232 valence electrons. The molecule has 0 aliphatic rings. The lowest BCUT2D eigenvalue weighted by Gasteiger charge is -2.26. The third kappa shape index (κ3) is 5.40. The number of para-hydroxylation sites is 4. The molecular formula is C45H37N3. The third-order valence-corrected chi connectivity index (χ3v) is 9.13. The van der Waals surface area contributed by atoms with Crippen LogP contribution in [0.15, 0.2) is 182 Å². The maximum absolute atomic E-state index is 2.43. The van der Waals surface area contributed by atoms with Gasteiger partial charge in [-0.15, -0.1) is 0 Å². The van der Waals surface area contributed by atoms with E-state index in [1.54, 1.807) is 0 Å². The summed E-state index contributed by atoms with van der Waals surface area (Å²) >= 11 is 0. The molecule has 0 aliphatic heterocycles. The van der Waals surface area contributed by atoms with Gasteiger partial charge in [-0.3, -0.25) is 0 Å². The minimum Gasteiger partial charge on any atom is -0.310 e. The van der Waals surface area contributed by atoms with Gasteiger partial charge in [0.15, 0.2) is 0 Å². The molecule has 0 saturated heterocycles. The van der Waals surface area contributed by atoms with Crippen molar-refractivity contribution in [1.29, 1.82) is 0 Å². The second-order valence-electron chi connectivity index (χ2n) is 12.5. The van der Waals surface area contributed by atoms with Gasteiger partial charge in [0.1, 0.15) is 0 Å². The Morgan fingerprint density at radius 1 is 0.375 bits per heavy atom. The molecule has 7 aromatic carbocycles. The molecule has 0 radical (unpaired) electrons. The number of hydrogen-bond acceptors (Lipinski definition) is 2. The number of rotatable bonds is 8. The Kier molecular flexibility index (Phi) is 7.72. The highest BCUT2D eigenvalue weighted by Gasteiger charge is 2.20. The maximum Gasteiger partial charge on any atom is 0.0561 e. The summed E-state index contributed by atoms with van der Waals surface area (Å²) in [5.74, 6) is 0.464. The zero-order valence-electron chi connectivity index (χ0n) is 27.2. The lowest BCUT2D eigenvalue weighted by Crippen LogP contribution is -2.10. The van der Waals surface area contributed by atoms with Crippen LogP contribution in [0.5, 0.6) is 0 Å². The van der Waals surface area contributed by atoms with Crippen LogP contribution in [-0.2, 0) is 0 Å². The fourth-order valence-electron chi connectivity index (χ4n) is 6.76. The molecule has 0 bridgehead atoms. The van der Waals surface area contributed by atoms with Crippen molar-refractivity contribution in [2.24, 2.45) is 0 Å². The molecule has 0 amide bonds. The smallest absolute Gasteiger partial charge is 0.0561 e. The molecule has 0 aliphatic carbocycles. The molecule has 3 heteroatoms. The number of nitrogens with zero attached hydrogens (tertiary/aromatic N) is 3. The van der Waals surface area contributed by atoms with Crippen molar-refractivity contribution in [1.82, 2.24) is 4.57 Å². The lowest BCUT2D eigenvalue weighted by molar-refractivity contribution is 0.866. The Hall–Kier alpha value is -6.06. The molecule has 1 aromatic heterocycles. The van der Waals surface area contributed by atoms with Gasteiger partial charge in [-0.05, 0) is 96.4 Å². The van der Waals surface area contributed by atoms with E-state index in [-0.39, 0.29) is 0 Å². The second-order valence-corrected chi connectivity index (χ2v) is 12.5. The van der Waals surface area contributed by atoms with Gasteiger partial charge in [-0.2, -0.15) is 0 Å². The minimum absolute atomic E-state index is 0.464. The van der Waals surface area contributed by atoms with Crippen LogP contribution in [0.2, 0.25) is 0 Å². The minimum atomic E-state index is 0.464. The van der Waals surface area contributed by atoms with Crippen molar-refractivity contribution >= 4 is 55.9 Å². The summed E-state index contributed by atoms with van der Waals surface area (Å²) in [5.41, 5.74) is 11.5. The standard InChI is InChI=1S/C45H37N3/c1-33(2)34-23-25-39(26-24-34)48-44-31-40(46(35-15-7-3-8-16-35)36-17-9-4-10-18-36)27-29-42(44)43-30-28-41(32-45(43)48)47(37-19-11-5-12-20-37)38-21-13-6-14-22-38/h3-33H,1-2H3. The normalized spacial score (nSPS) is 11.3. The number of aromatic nitrogens is 1. The summed E-state index contributed by atoms with van der Waals surface area (Å²) in [6, 6.07) is 65.3. The second kappa shape index (κ2) is 12.6. The summed E-state index contributed by atoms with van der Waals surface area (Å²) < 4.78 is 2.43.